The molecule has 0 saturated carbocycles. The fourth-order valence-electron chi connectivity index (χ4n) is 1.58. The number of aromatic nitrogens is 1. The van der Waals surface area contributed by atoms with E-state index in [0.29, 0.717) is 6.61 Å². The maximum Gasteiger partial charge on any atom is 0.125 e. The van der Waals surface area contributed by atoms with Crippen LogP contribution in [0.25, 0.3) is 0 Å². The van der Waals surface area contributed by atoms with Crippen LogP contribution in [0, 0.1) is 6.92 Å². The number of thiazole rings is 1. The Kier molecular flexibility index (Phi) is 3.76. The molecule has 2 aromatic rings. The van der Waals surface area contributed by atoms with E-state index in [9.17, 15) is 5.11 Å². The largest absolute Gasteiger partial charge is 0.488 e. The molecule has 0 unspecified atom stereocenters. The Morgan fingerprint density at radius 3 is 2.82 bits per heavy atom. The van der Waals surface area contributed by atoms with E-state index in [2.05, 4.69) is 4.98 Å². The first-order chi connectivity index (χ1) is 8.16. The molecule has 90 valence electrons. The SMILES string of the molecule is Cc1ncc(COc2ccccc2[C@@H](C)O)s1. The standard InChI is InChI=1S/C13H15NO2S/c1-9(15)12-5-3-4-6-13(12)16-8-11-7-14-10(2)17-11/h3-7,9,15H,8H2,1-2H3/t9-/m1/s1. The first-order valence-corrected chi connectivity index (χ1v) is 6.29. The molecule has 0 spiro atoms. The van der Waals surface area contributed by atoms with Crippen molar-refractivity contribution in [3.63, 3.8) is 0 Å². The summed E-state index contributed by atoms with van der Waals surface area (Å²) < 4.78 is 5.71. The lowest BCUT2D eigenvalue weighted by atomic mass is 10.1. The molecule has 1 N–H and O–H groups in total. The minimum Gasteiger partial charge on any atom is -0.488 e. The first-order valence-electron chi connectivity index (χ1n) is 5.48. The van der Waals surface area contributed by atoms with Gasteiger partial charge in [0.2, 0.25) is 0 Å². The summed E-state index contributed by atoms with van der Waals surface area (Å²) in [7, 11) is 0. The van der Waals surface area contributed by atoms with Crippen LogP contribution in [0.15, 0.2) is 30.5 Å². The van der Waals surface area contributed by atoms with Crippen LogP contribution >= 0.6 is 11.3 Å². The number of aliphatic hydroxyl groups excluding tert-OH is 1. The number of para-hydroxylation sites is 1. The van der Waals surface area contributed by atoms with E-state index in [0.717, 1.165) is 21.2 Å². The predicted molar refractivity (Wildman–Crippen MR) is 68.3 cm³/mol. The molecule has 1 heterocycles. The lowest BCUT2D eigenvalue weighted by Crippen LogP contribution is -1.99. The third-order valence-electron chi connectivity index (χ3n) is 2.41. The average molecular weight is 249 g/mol. The Balaban J connectivity index is 2.08. The summed E-state index contributed by atoms with van der Waals surface area (Å²) in [4.78, 5) is 5.26. The van der Waals surface area contributed by atoms with Crippen molar-refractivity contribution in [2.45, 2.75) is 26.6 Å². The van der Waals surface area contributed by atoms with Gasteiger partial charge in [0.25, 0.3) is 0 Å². The Bertz CT molecular complexity index is 494. The normalized spacial score (nSPS) is 12.4. The highest BCUT2D eigenvalue weighted by Crippen LogP contribution is 2.25. The van der Waals surface area contributed by atoms with Crippen molar-refractivity contribution in [1.82, 2.24) is 4.98 Å². The monoisotopic (exact) mass is 249 g/mol. The third-order valence-corrected chi connectivity index (χ3v) is 3.29. The van der Waals surface area contributed by atoms with E-state index in [1.807, 2.05) is 37.4 Å². The second kappa shape index (κ2) is 5.29. The van der Waals surface area contributed by atoms with Crippen molar-refractivity contribution in [3.8, 4) is 5.75 Å². The lowest BCUT2D eigenvalue weighted by molar-refractivity contribution is 0.190. The van der Waals surface area contributed by atoms with Crippen molar-refractivity contribution in [2.24, 2.45) is 0 Å². The number of aliphatic hydroxyl groups is 1. The van der Waals surface area contributed by atoms with E-state index >= 15 is 0 Å². The fourth-order valence-corrected chi connectivity index (χ4v) is 2.29. The van der Waals surface area contributed by atoms with Crippen LogP contribution in [-0.4, -0.2) is 10.1 Å². The van der Waals surface area contributed by atoms with Crippen LogP contribution in [0.5, 0.6) is 5.75 Å². The van der Waals surface area contributed by atoms with E-state index in [1.54, 1.807) is 18.3 Å². The molecule has 0 amide bonds. The molecule has 0 fully saturated rings. The van der Waals surface area contributed by atoms with Crippen LogP contribution in [-0.2, 0) is 6.61 Å². The summed E-state index contributed by atoms with van der Waals surface area (Å²) in [6.45, 7) is 4.20. The van der Waals surface area contributed by atoms with Crippen molar-refractivity contribution in [1.29, 1.82) is 0 Å². The van der Waals surface area contributed by atoms with E-state index in [4.69, 9.17) is 4.74 Å². The van der Waals surface area contributed by atoms with Crippen molar-refractivity contribution in [2.75, 3.05) is 0 Å². The van der Waals surface area contributed by atoms with Crippen molar-refractivity contribution in [3.05, 3.63) is 45.9 Å². The molecule has 1 aromatic carbocycles. The molecule has 3 nitrogen and oxygen atoms in total. The molecular formula is C13H15NO2S. The Morgan fingerprint density at radius 2 is 2.18 bits per heavy atom. The van der Waals surface area contributed by atoms with E-state index in [-0.39, 0.29) is 0 Å². The molecule has 0 radical (unpaired) electrons. The van der Waals surface area contributed by atoms with E-state index < -0.39 is 6.10 Å². The van der Waals surface area contributed by atoms with Crippen LogP contribution in [0.2, 0.25) is 0 Å². The van der Waals surface area contributed by atoms with Crippen molar-refractivity contribution >= 4 is 11.3 Å². The smallest absolute Gasteiger partial charge is 0.125 e. The van der Waals surface area contributed by atoms with Gasteiger partial charge in [-0.1, -0.05) is 18.2 Å². The maximum atomic E-state index is 9.62. The zero-order valence-corrected chi connectivity index (χ0v) is 10.7. The Hall–Kier alpha value is -1.39. The fraction of sp³-hybridized carbons (Fsp3) is 0.308. The summed E-state index contributed by atoms with van der Waals surface area (Å²) in [5.74, 6) is 0.730. The summed E-state index contributed by atoms with van der Waals surface area (Å²) in [6.07, 6.45) is 1.31. The molecule has 0 aliphatic carbocycles. The topological polar surface area (TPSA) is 42.4 Å². The molecular weight excluding hydrogens is 234 g/mol. The van der Waals surface area contributed by atoms with Gasteiger partial charge in [0.1, 0.15) is 12.4 Å². The van der Waals surface area contributed by atoms with Gasteiger partial charge in [0.15, 0.2) is 0 Å². The Morgan fingerprint density at radius 1 is 1.41 bits per heavy atom. The lowest BCUT2D eigenvalue weighted by Gasteiger charge is -2.12. The average Bonchev–Trinajstić information content (AvgIpc) is 2.73. The minimum atomic E-state index is -0.519. The number of benzene rings is 1. The first kappa shape index (κ1) is 12.1. The van der Waals surface area contributed by atoms with Gasteiger partial charge in [0.05, 0.1) is 16.0 Å². The number of nitrogens with zero attached hydrogens (tertiary/aromatic N) is 1. The highest BCUT2D eigenvalue weighted by molar-refractivity contribution is 7.11. The summed E-state index contributed by atoms with van der Waals surface area (Å²) in [5, 5.41) is 10.7. The zero-order valence-electron chi connectivity index (χ0n) is 9.88. The third kappa shape index (κ3) is 3.05. The number of hydrogen-bond donors (Lipinski definition) is 1. The van der Waals surface area contributed by atoms with Crippen LogP contribution < -0.4 is 4.74 Å². The van der Waals surface area contributed by atoms with Crippen molar-refractivity contribution < 1.29 is 9.84 Å². The van der Waals surface area contributed by atoms with Gasteiger partial charge in [-0.25, -0.2) is 4.98 Å². The molecule has 2 rings (SSSR count). The summed E-state index contributed by atoms with van der Waals surface area (Å²) >= 11 is 1.62. The molecule has 1 aromatic heterocycles. The molecule has 0 aliphatic rings. The highest BCUT2D eigenvalue weighted by atomic mass is 32.1. The zero-order chi connectivity index (χ0) is 12.3. The molecule has 0 saturated heterocycles. The maximum absolute atomic E-state index is 9.62. The molecule has 17 heavy (non-hydrogen) atoms. The van der Waals surface area contributed by atoms with E-state index in [1.165, 1.54) is 0 Å². The van der Waals surface area contributed by atoms with Gasteiger partial charge in [-0.05, 0) is 19.9 Å². The minimum absolute atomic E-state index is 0.495. The molecule has 1 atom stereocenters. The number of aryl methyl sites for hydroxylation is 1. The van der Waals surface area contributed by atoms with Gasteiger partial charge < -0.3 is 9.84 Å². The quantitative estimate of drug-likeness (QED) is 0.905. The van der Waals surface area contributed by atoms with Crippen LogP contribution in [0.4, 0.5) is 0 Å². The second-order valence-corrected chi connectivity index (χ2v) is 5.17. The second-order valence-electron chi connectivity index (χ2n) is 3.85. The molecule has 0 bridgehead atoms. The van der Waals surface area contributed by atoms with Gasteiger partial charge >= 0.3 is 0 Å². The highest BCUT2D eigenvalue weighted by Gasteiger charge is 2.08. The predicted octanol–water partition coefficient (Wildman–Crippen LogP) is 3.08. The number of hydrogen-bond acceptors (Lipinski definition) is 4. The van der Waals surface area contributed by atoms with Gasteiger partial charge in [0, 0.05) is 11.8 Å². The Labute approximate surface area is 105 Å². The van der Waals surface area contributed by atoms with Crippen LogP contribution in [0.3, 0.4) is 0 Å². The summed E-state index contributed by atoms with van der Waals surface area (Å²) in [6, 6.07) is 7.54. The van der Waals surface area contributed by atoms with Crippen LogP contribution in [0.1, 0.15) is 28.5 Å². The molecule has 0 aliphatic heterocycles. The number of rotatable bonds is 4. The summed E-state index contributed by atoms with van der Waals surface area (Å²) in [5.41, 5.74) is 0.814. The molecule has 4 heteroatoms. The van der Waals surface area contributed by atoms with Gasteiger partial charge in [-0.15, -0.1) is 11.3 Å². The van der Waals surface area contributed by atoms with Gasteiger partial charge in [-0.3, -0.25) is 0 Å². The van der Waals surface area contributed by atoms with Gasteiger partial charge in [-0.2, -0.15) is 0 Å². The number of ether oxygens (including phenoxy) is 1.